The Morgan fingerprint density at radius 2 is 2.31 bits per heavy atom. The van der Waals surface area contributed by atoms with Gasteiger partial charge in [-0.25, -0.2) is 0 Å². The third-order valence-electron chi connectivity index (χ3n) is 2.13. The Morgan fingerprint density at radius 3 is 2.94 bits per heavy atom. The van der Waals surface area contributed by atoms with E-state index in [1.165, 1.54) is 0 Å². The molecule has 0 radical (unpaired) electrons. The molecule has 0 heterocycles. The molecular weight excluding hydrogens is 224 g/mol. The number of benzene rings is 1. The summed E-state index contributed by atoms with van der Waals surface area (Å²) >= 11 is 5.91. The number of unbranched alkanes of at least 4 members (excludes halogenated alkanes) is 1. The lowest BCUT2D eigenvalue weighted by molar-refractivity contribution is -0.116. The van der Waals surface area contributed by atoms with Gasteiger partial charge in [-0.2, -0.15) is 5.26 Å². The number of nitrogens with one attached hydrogen (secondary N) is 1. The molecule has 0 unspecified atom stereocenters. The fourth-order valence-corrected chi connectivity index (χ4v) is 1.41. The van der Waals surface area contributed by atoms with Gasteiger partial charge in [0, 0.05) is 6.42 Å². The highest BCUT2D eigenvalue weighted by atomic mass is 35.5. The molecule has 3 nitrogen and oxygen atoms in total. The molecule has 0 atom stereocenters. The molecule has 0 fully saturated rings. The molecule has 1 N–H and O–H groups in total. The van der Waals surface area contributed by atoms with Crippen molar-refractivity contribution in [3.63, 3.8) is 0 Å². The van der Waals surface area contributed by atoms with Crippen molar-refractivity contribution in [2.75, 3.05) is 5.32 Å². The van der Waals surface area contributed by atoms with Crippen molar-refractivity contribution in [1.29, 1.82) is 5.26 Å². The topological polar surface area (TPSA) is 52.9 Å². The van der Waals surface area contributed by atoms with Gasteiger partial charge in [-0.15, -0.1) is 0 Å². The highest BCUT2D eigenvalue weighted by Crippen LogP contribution is 2.22. The number of hydrogen-bond acceptors (Lipinski definition) is 2. The summed E-state index contributed by atoms with van der Waals surface area (Å²) in [5.74, 6) is -0.0705. The number of carbonyl (C=O) groups excluding carboxylic acids is 1. The molecule has 0 aromatic heterocycles. The van der Waals surface area contributed by atoms with E-state index in [1.807, 2.05) is 13.0 Å². The first kappa shape index (κ1) is 12.5. The smallest absolute Gasteiger partial charge is 0.224 e. The van der Waals surface area contributed by atoms with E-state index in [4.69, 9.17) is 16.9 Å². The highest BCUT2D eigenvalue weighted by molar-refractivity contribution is 6.33. The van der Waals surface area contributed by atoms with Gasteiger partial charge >= 0.3 is 0 Å². The number of amides is 1. The molecule has 0 aliphatic carbocycles. The van der Waals surface area contributed by atoms with Crippen molar-refractivity contribution in [2.45, 2.75) is 26.2 Å². The van der Waals surface area contributed by atoms with Crippen LogP contribution in [-0.4, -0.2) is 5.91 Å². The molecule has 0 bridgehead atoms. The number of carbonyl (C=O) groups is 1. The Bertz CT molecular complexity index is 424. The summed E-state index contributed by atoms with van der Waals surface area (Å²) in [4.78, 5) is 11.5. The van der Waals surface area contributed by atoms with E-state index in [0.717, 1.165) is 12.8 Å². The predicted molar refractivity (Wildman–Crippen MR) is 64.3 cm³/mol. The first-order valence-electron chi connectivity index (χ1n) is 5.17. The molecule has 16 heavy (non-hydrogen) atoms. The van der Waals surface area contributed by atoms with Crippen molar-refractivity contribution in [2.24, 2.45) is 0 Å². The molecule has 1 aromatic rings. The fourth-order valence-electron chi connectivity index (χ4n) is 1.24. The maximum atomic E-state index is 11.5. The summed E-state index contributed by atoms with van der Waals surface area (Å²) in [5, 5.41) is 11.9. The van der Waals surface area contributed by atoms with Crippen LogP contribution in [0.25, 0.3) is 0 Å². The second-order valence-electron chi connectivity index (χ2n) is 3.46. The van der Waals surface area contributed by atoms with Crippen LogP contribution in [0, 0.1) is 11.3 Å². The standard InChI is InChI=1S/C12H13ClN2O/c1-2-3-4-12(16)15-11-7-9(8-14)5-6-10(11)13/h5-7H,2-4H2,1H3,(H,15,16). The van der Waals surface area contributed by atoms with Crippen LogP contribution in [0.4, 0.5) is 5.69 Å². The van der Waals surface area contributed by atoms with E-state index in [0.29, 0.717) is 22.7 Å². The van der Waals surface area contributed by atoms with Gasteiger partial charge in [0.15, 0.2) is 0 Å². The van der Waals surface area contributed by atoms with Crippen molar-refractivity contribution in [1.82, 2.24) is 0 Å². The number of nitrogens with zero attached hydrogens (tertiary/aromatic N) is 1. The zero-order valence-electron chi connectivity index (χ0n) is 9.09. The largest absolute Gasteiger partial charge is 0.325 e. The van der Waals surface area contributed by atoms with Crippen molar-refractivity contribution in [3.05, 3.63) is 28.8 Å². The summed E-state index contributed by atoms with van der Waals surface area (Å²) in [6.07, 6.45) is 2.30. The van der Waals surface area contributed by atoms with Crippen LogP contribution in [0.15, 0.2) is 18.2 Å². The van der Waals surface area contributed by atoms with Crippen LogP contribution in [-0.2, 0) is 4.79 Å². The van der Waals surface area contributed by atoms with Crippen molar-refractivity contribution in [3.8, 4) is 6.07 Å². The first-order valence-corrected chi connectivity index (χ1v) is 5.54. The quantitative estimate of drug-likeness (QED) is 0.872. The highest BCUT2D eigenvalue weighted by Gasteiger charge is 2.06. The second kappa shape index (κ2) is 6.14. The first-order chi connectivity index (χ1) is 7.67. The van der Waals surface area contributed by atoms with Gasteiger partial charge in [0.25, 0.3) is 0 Å². The summed E-state index contributed by atoms with van der Waals surface area (Å²) in [7, 11) is 0. The van der Waals surface area contributed by atoms with E-state index in [2.05, 4.69) is 5.32 Å². The Labute approximate surface area is 100 Å². The maximum absolute atomic E-state index is 11.5. The summed E-state index contributed by atoms with van der Waals surface area (Å²) in [6.45, 7) is 2.02. The fraction of sp³-hybridized carbons (Fsp3) is 0.333. The Hall–Kier alpha value is -1.53. The van der Waals surface area contributed by atoms with Crippen LogP contribution >= 0.6 is 11.6 Å². The third-order valence-corrected chi connectivity index (χ3v) is 2.46. The minimum atomic E-state index is -0.0705. The summed E-state index contributed by atoms with van der Waals surface area (Å²) in [6, 6.07) is 6.80. The Morgan fingerprint density at radius 1 is 1.56 bits per heavy atom. The molecular formula is C12H13ClN2O. The molecule has 1 amide bonds. The molecule has 4 heteroatoms. The van der Waals surface area contributed by atoms with Crippen LogP contribution < -0.4 is 5.32 Å². The Balaban J connectivity index is 2.73. The average Bonchev–Trinajstić information content (AvgIpc) is 2.29. The number of halogens is 1. The normalized spacial score (nSPS) is 9.56. The molecule has 1 aromatic carbocycles. The number of hydrogen-bond donors (Lipinski definition) is 1. The van der Waals surface area contributed by atoms with Gasteiger partial charge in [0.1, 0.15) is 0 Å². The second-order valence-corrected chi connectivity index (χ2v) is 3.87. The molecule has 0 aliphatic heterocycles. The van der Waals surface area contributed by atoms with Crippen LogP contribution in [0.1, 0.15) is 31.7 Å². The summed E-state index contributed by atoms with van der Waals surface area (Å²) in [5.41, 5.74) is 0.983. The minimum absolute atomic E-state index is 0.0705. The maximum Gasteiger partial charge on any atom is 0.224 e. The number of rotatable bonds is 4. The molecule has 1 rings (SSSR count). The molecule has 84 valence electrons. The number of nitriles is 1. The third kappa shape index (κ3) is 3.56. The van der Waals surface area contributed by atoms with E-state index in [9.17, 15) is 4.79 Å². The lowest BCUT2D eigenvalue weighted by Gasteiger charge is -2.06. The summed E-state index contributed by atoms with van der Waals surface area (Å²) < 4.78 is 0. The van der Waals surface area contributed by atoms with Gasteiger partial charge in [-0.1, -0.05) is 24.9 Å². The monoisotopic (exact) mass is 236 g/mol. The molecule has 0 saturated heterocycles. The average molecular weight is 237 g/mol. The predicted octanol–water partition coefficient (Wildman–Crippen LogP) is 3.34. The zero-order chi connectivity index (χ0) is 12.0. The van der Waals surface area contributed by atoms with Crippen LogP contribution in [0.3, 0.4) is 0 Å². The van der Waals surface area contributed by atoms with Gasteiger partial charge in [-0.3, -0.25) is 4.79 Å². The van der Waals surface area contributed by atoms with E-state index >= 15 is 0 Å². The number of anilines is 1. The van der Waals surface area contributed by atoms with E-state index in [-0.39, 0.29) is 5.91 Å². The molecule has 0 saturated carbocycles. The van der Waals surface area contributed by atoms with Crippen LogP contribution in [0.5, 0.6) is 0 Å². The van der Waals surface area contributed by atoms with E-state index in [1.54, 1.807) is 18.2 Å². The van der Waals surface area contributed by atoms with Crippen molar-refractivity contribution >= 4 is 23.2 Å². The van der Waals surface area contributed by atoms with Crippen LogP contribution in [0.2, 0.25) is 5.02 Å². The lowest BCUT2D eigenvalue weighted by Crippen LogP contribution is -2.11. The minimum Gasteiger partial charge on any atom is -0.325 e. The van der Waals surface area contributed by atoms with Gasteiger partial charge in [0.2, 0.25) is 5.91 Å². The van der Waals surface area contributed by atoms with Gasteiger partial charge < -0.3 is 5.32 Å². The molecule has 0 spiro atoms. The zero-order valence-corrected chi connectivity index (χ0v) is 9.84. The van der Waals surface area contributed by atoms with Crippen molar-refractivity contribution < 1.29 is 4.79 Å². The Kier molecular flexibility index (Phi) is 4.81. The van der Waals surface area contributed by atoms with E-state index < -0.39 is 0 Å². The van der Waals surface area contributed by atoms with Gasteiger partial charge in [-0.05, 0) is 24.6 Å². The van der Waals surface area contributed by atoms with Gasteiger partial charge in [0.05, 0.1) is 22.3 Å². The molecule has 0 aliphatic rings. The SMILES string of the molecule is CCCCC(=O)Nc1cc(C#N)ccc1Cl. The lowest BCUT2D eigenvalue weighted by atomic mass is 10.2.